The van der Waals surface area contributed by atoms with Crippen LogP contribution in [0.15, 0.2) is 0 Å². The number of likely N-dealkylation sites (N-methyl/N-ethyl adjacent to an activating group) is 1. The fraction of sp³-hybridized carbons (Fsp3) is 0.444. The molecule has 9 heteroatoms. The summed E-state index contributed by atoms with van der Waals surface area (Å²) < 4.78 is 0. The largest absolute Gasteiger partial charge is 0.368 e. The minimum Gasteiger partial charge on any atom is -0.368 e. The highest BCUT2D eigenvalue weighted by Gasteiger charge is 2.24. The molecule has 18 heavy (non-hydrogen) atoms. The lowest BCUT2D eigenvalue weighted by molar-refractivity contribution is -0.385. The Hall–Kier alpha value is -2.45. The van der Waals surface area contributed by atoms with Crippen LogP contribution in [0.2, 0.25) is 0 Å². The molecular weight excluding hydrogens is 240 g/mol. The second-order valence-corrected chi connectivity index (χ2v) is 3.60. The van der Waals surface area contributed by atoms with Crippen molar-refractivity contribution in [2.75, 3.05) is 18.1 Å². The summed E-state index contributed by atoms with van der Waals surface area (Å²) in [4.78, 5) is 29.1. The van der Waals surface area contributed by atoms with Crippen molar-refractivity contribution in [3.8, 4) is 0 Å². The maximum atomic E-state index is 11.3. The van der Waals surface area contributed by atoms with E-state index in [4.69, 9.17) is 5.73 Å². The molecule has 0 fully saturated rings. The zero-order valence-corrected chi connectivity index (χ0v) is 10.2. The molecule has 1 heterocycles. The topological polar surface area (TPSA) is 136 Å². The van der Waals surface area contributed by atoms with Gasteiger partial charge in [-0.15, -0.1) is 0 Å². The number of nitrogens with two attached hydrogens (primary N) is 1. The lowest BCUT2D eigenvalue weighted by atomic mass is 10.3. The van der Waals surface area contributed by atoms with Gasteiger partial charge in [0.2, 0.25) is 17.7 Å². The van der Waals surface area contributed by atoms with Crippen molar-refractivity contribution in [3.63, 3.8) is 0 Å². The first-order valence-electron chi connectivity index (χ1n) is 5.13. The molecule has 0 aliphatic heterocycles. The molecule has 1 aromatic rings. The van der Waals surface area contributed by atoms with Gasteiger partial charge in [-0.3, -0.25) is 14.9 Å². The summed E-state index contributed by atoms with van der Waals surface area (Å²) in [6.07, 6.45) is 0. The van der Waals surface area contributed by atoms with E-state index in [9.17, 15) is 14.9 Å². The quantitative estimate of drug-likeness (QED) is 0.500. The Morgan fingerprint density at radius 2 is 2.11 bits per heavy atom. The highest BCUT2D eigenvalue weighted by molar-refractivity contribution is 5.84. The van der Waals surface area contributed by atoms with Gasteiger partial charge in [-0.25, -0.2) is 4.98 Å². The average molecular weight is 254 g/mol. The van der Waals surface area contributed by atoms with E-state index in [0.29, 0.717) is 0 Å². The molecule has 4 N–H and O–H groups in total. The molecule has 0 saturated heterocycles. The van der Waals surface area contributed by atoms with E-state index in [2.05, 4.69) is 20.6 Å². The number of nitrogen functional groups attached to an aromatic ring is 1. The van der Waals surface area contributed by atoms with Crippen LogP contribution in [0.5, 0.6) is 0 Å². The number of aromatic nitrogens is 2. The molecule has 1 rings (SSSR count). The first-order chi connectivity index (χ1) is 8.36. The summed E-state index contributed by atoms with van der Waals surface area (Å²) in [5, 5.41) is 16.0. The van der Waals surface area contributed by atoms with Crippen LogP contribution in [0.4, 0.5) is 17.5 Å². The number of carbonyl (C=O) groups is 1. The summed E-state index contributed by atoms with van der Waals surface area (Å²) in [7, 11) is 1.47. The second-order valence-electron chi connectivity index (χ2n) is 3.60. The first kappa shape index (κ1) is 13.6. The number of nitro groups is 1. The molecular formula is C9H14N6O3. The van der Waals surface area contributed by atoms with Crippen LogP contribution < -0.4 is 16.4 Å². The first-order valence-corrected chi connectivity index (χ1v) is 5.13. The number of nitrogens with one attached hydrogen (secondary N) is 2. The minimum atomic E-state index is -0.678. The Balaban J connectivity index is 3.15. The van der Waals surface area contributed by atoms with Gasteiger partial charge < -0.3 is 16.4 Å². The number of hydrogen-bond acceptors (Lipinski definition) is 7. The van der Waals surface area contributed by atoms with E-state index in [0.717, 1.165) is 0 Å². The number of anilines is 2. The summed E-state index contributed by atoms with van der Waals surface area (Å²) in [5.41, 5.74) is 5.27. The van der Waals surface area contributed by atoms with Gasteiger partial charge in [0.05, 0.1) is 4.92 Å². The average Bonchev–Trinajstić information content (AvgIpc) is 2.26. The monoisotopic (exact) mass is 254 g/mol. The molecule has 0 bridgehead atoms. The van der Waals surface area contributed by atoms with Crippen molar-refractivity contribution in [3.05, 3.63) is 15.8 Å². The summed E-state index contributed by atoms with van der Waals surface area (Å²) in [5.74, 6) is -0.482. The molecule has 1 atom stereocenters. The van der Waals surface area contributed by atoms with Crippen molar-refractivity contribution >= 4 is 23.4 Å². The molecule has 1 aromatic heterocycles. The van der Waals surface area contributed by atoms with Crippen molar-refractivity contribution in [2.45, 2.75) is 19.9 Å². The number of nitrogens with zero attached hydrogens (tertiary/aromatic N) is 3. The Morgan fingerprint density at radius 1 is 1.50 bits per heavy atom. The van der Waals surface area contributed by atoms with Gasteiger partial charge in [0.25, 0.3) is 0 Å². The molecule has 1 amide bonds. The van der Waals surface area contributed by atoms with Crippen LogP contribution >= 0.6 is 0 Å². The van der Waals surface area contributed by atoms with E-state index >= 15 is 0 Å². The van der Waals surface area contributed by atoms with E-state index in [1.807, 2.05) is 0 Å². The van der Waals surface area contributed by atoms with Crippen molar-refractivity contribution in [1.29, 1.82) is 0 Å². The third-order valence-electron chi connectivity index (χ3n) is 2.25. The summed E-state index contributed by atoms with van der Waals surface area (Å²) in [6, 6.07) is -0.678. The zero-order chi connectivity index (χ0) is 13.9. The molecule has 98 valence electrons. The fourth-order valence-corrected chi connectivity index (χ4v) is 1.39. The maximum absolute atomic E-state index is 11.3. The van der Waals surface area contributed by atoms with E-state index < -0.39 is 11.0 Å². The van der Waals surface area contributed by atoms with Gasteiger partial charge in [0, 0.05) is 7.05 Å². The lowest BCUT2D eigenvalue weighted by Gasteiger charge is -2.13. The van der Waals surface area contributed by atoms with Gasteiger partial charge >= 0.3 is 5.69 Å². The molecule has 0 spiro atoms. The van der Waals surface area contributed by atoms with Crippen molar-refractivity contribution in [2.24, 2.45) is 0 Å². The van der Waals surface area contributed by atoms with E-state index in [1.54, 1.807) is 6.92 Å². The van der Waals surface area contributed by atoms with E-state index in [1.165, 1.54) is 14.0 Å². The number of amides is 1. The predicted octanol–water partition coefficient (Wildman–Crippen LogP) is -0.178. The number of aryl methyl sites for hydroxylation is 1. The summed E-state index contributed by atoms with van der Waals surface area (Å²) >= 11 is 0. The molecule has 1 unspecified atom stereocenters. The smallest absolute Gasteiger partial charge is 0.332 e. The minimum absolute atomic E-state index is 0.0684. The standard InChI is InChI=1S/C9H14N6O3/c1-4-6(15(17)18)7(14-9(10)13-4)12-5(2)8(16)11-3/h5H,1-3H3,(H,11,16)(H3,10,12,13,14). The van der Waals surface area contributed by atoms with Crippen LogP contribution in [0, 0.1) is 17.0 Å². The van der Waals surface area contributed by atoms with Crippen LogP contribution in [0.3, 0.4) is 0 Å². The lowest BCUT2D eigenvalue weighted by Crippen LogP contribution is -2.35. The number of hydrogen-bond donors (Lipinski definition) is 3. The second kappa shape index (κ2) is 5.25. The third-order valence-corrected chi connectivity index (χ3v) is 2.25. The SMILES string of the molecule is CNC(=O)C(C)Nc1nc(N)nc(C)c1[N+](=O)[O-]. The number of carbonyl (C=O) groups excluding carboxylic acids is 1. The molecule has 9 nitrogen and oxygen atoms in total. The highest BCUT2D eigenvalue weighted by atomic mass is 16.6. The van der Waals surface area contributed by atoms with Crippen LogP contribution in [-0.4, -0.2) is 33.9 Å². The van der Waals surface area contributed by atoms with Gasteiger partial charge in [0.1, 0.15) is 11.7 Å². The Morgan fingerprint density at radius 3 is 2.61 bits per heavy atom. The molecule has 0 radical (unpaired) electrons. The molecule has 0 aliphatic rings. The van der Waals surface area contributed by atoms with Crippen LogP contribution in [-0.2, 0) is 4.79 Å². The van der Waals surface area contributed by atoms with Gasteiger partial charge in [-0.1, -0.05) is 0 Å². The van der Waals surface area contributed by atoms with Gasteiger partial charge in [-0.2, -0.15) is 4.98 Å². The van der Waals surface area contributed by atoms with Crippen molar-refractivity contribution < 1.29 is 9.72 Å². The Kier molecular flexibility index (Phi) is 3.97. The number of rotatable bonds is 4. The molecule has 0 aromatic carbocycles. The van der Waals surface area contributed by atoms with Crippen molar-refractivity contribution in [1.82, 2.24) is 15.3 Å². The zero-order valence-electron chi connectivity index (χ0n) is 10.2. The normalized spacial score (nSPS) is 11.7. The van der Waals surface area contributed by atoms with Crippen LogP contribution in [0.1, 0.15) is 12.6 Å². The molecule has 0 aliphatic carbocycles. The van der Waals surface area contributed by atoms with Gasteiger partial charge in [-0.05, 0) is 13.8 Å². The predicted molar refractivity (Wildman–Crippen MR) is 65.0 cm³/mol. The van der Waals surface area contributed by atoms with E-state index in [-0.39, 0.29) is 29.1 Å². The Labute approximate surface area is 103 Å². The summed E-state index contributed by atoms with van der Waals surface area (Å²) in [6.45, 7) is 3.00. The Bertz CT molecular complexity index is 489. The van der Waals surface area contributed by atoms with Gasteiger partial charge in [0.15, 0.2) is 0 Å². The highest BCUT2D eigenvalue weighted by Crippen LogP contribution is 2.26. The fourth-order valence-electron chi connectivity index (χ4n) is 1.39. The van der Waals surface area contributed by atoms with Crippen LogP contribution in [0.25, 0.3) is 0 Å². The molecule has 0 saturated carbocycles. The maximum Gasteiger partial charge on any atom is 0.332 e. The third kappa shape index (κ3) is 2.81.